The van der Waals surface area contributed by atoms with Crippen LogP contribution in [0.1, 0.15) is 6.92 Å². The van der Waals surface area contributed by atoms with Crippen LogP contribution < -0.4 is 11.2 Å². The van der Waals surface area contributed by atoms with Crippen molar-refractivity contribution in [1.29, 1.82) is 0 Å². The summed E-state index contributed by atoms with van der Waals surface area (Å²) in [6, 6.07) is 4.87. The van der Waals surface area contributed by atoms with Crippen LogP contribution in [0.3, 0.4) is 0 Å². The lowest BCUT2D eigenvalue weighted by Crippen LogP contribution is -2.32. The summed E-state index contributed by atoms with van der Waals surface area (Å²) >= 11 is 13.1. The maximum Gasteiger partial charge on any atom is 0.413 e. The Bertz CT molecular complexity index is 768. The molecule has 24 heavy (non-hydrogen) atoms. The van der Waals surface area contributed by atoms with Gasteiger partial charge in [-0.1, -0.05) is 35.0 Å². The number of carbonyl (C=O) groups is 2. The molecular formula is C13H13Cl2N5O3S. The predicted molar refractivity (Wildman–Crippen MR) is 91.5 cm³/mol. The Morgan fingerprint density at radius 3 is 2.83 bits per heavy atom. The molecule has 128 valence electrons. The normalized spacial score (nSPS) is 10.5. The number of halogens is 2. The molecule has 0 unspecified atom stereocenters. The Kier molecular flexibility index (Phi) is 6.29. The summed E-state index contributed by atoms with van der Waals surface area (Å²) in [6.07, 6.45) is -0.802. The lowest BCUT2D eigenvalue weighted by molar-refractivity contribution is -0.117. The molecule has 0 aliphatic heterocycles. The maximum absolute atomic E-state index is 11.6. The van der Waals surface area contributed by atoms with E-state index in [0.717, 1.165) is 11.8 Å². The summed E-state index contributed by atoms with van der Waals surface area (Å²) < 4.78 is 5.80. The van der Waals surface area contributed by atoms with E-state index in [1.165, 1.54) is 4.68 Å². The Morgan fingerprint density at radius 2 is 2.12 bits per heavy atom. The monoisotopic (exact) mass is 389 g/mol. The van der Waals surface area contributed by atoms with E-state index < -0.39 is 12.0 Å². The molecule has 0 aliphatic rings. The fourth-order valence-electron chi connectivity index (χ4n) is 1.68. The summed E-state index contributed by atoms with van der Waals surface area (Å²) in [6.45, 7) is 1.81. The highest BCUT2D eigenvalue weighted by Gasteiger charge is 2.17. The fraction of sp³-hybridized carbons (Fsp3) is 0.231. The number of aromatic nitrogens is 3. The number of benzene rings is 1. The quantitative estimate of drug-likeness (QED) is 0.595. The number of imide groups is 1. The van der Waals surface area contributed by atoms with Gasteiger partial charge in [-0.15, -0.1) is 10.2 Å². The van der Waals surface area contributed by atoms with Crippen LogP contribution in [0, 0.1) is 0 Å². The van der Waals surface area contributed by atoms with E-state index in [1.54, 1.807) is 25.1 Å². The molecule has 0 spiro atoms. The van der Waals surface area contributed by atoms with Gasteiger partial charge in [0.2, 0.25) is 11.1 Å². The number of rotatable bonds is 5. The highest BCUT2D eigenvalue weighted by atomic mass is 35.5. The lowest BCUT2D eigenvalue weighted by Gasteiger charge is -2.06. The number of alkyl carbamates (subject to hydrolysis) is 1. The molecule has 3 N–H and O–H groups in total. The first kappa shape index (κ1) is 18.4. The number of ether oxygens (including phenoxy) is 1. The topological polar surface area (TPSA) is 112 Å². The third-order valence-electron chi connectivity index (χ3n) is 2.68. The van der Waals surface area contributed by atoms with Crippen LogP contribution in [0.15, 0.2) is 23.4 Å². The summed E-state index contributed by atoms with van der Waals surface area (Å²) in [5.74, 6) is 5.61. The van der Waals surface area contributed by atoms with E-state index in [9.17, 15) is 9.59 Å². The van der Waals surface area contributed by atoms with E-state index in [-0.39, 0.29) is 17.5 Å². The van der Waals surface area contributed by atoms with Crippen molar-refractivity contribution < 1.29 is 14.3 Å². The smallest absolute Gasteiger partial charge is 0.413 e. The highest BCUT2D eigenvalue weighted by Crippen LogP contribution is 2.30. The summed E-state index contributed by atoms with van der Waals surface area (Å²) in [7, 11) is 0. The second kappa shape index (κ2) is 8.22. The van der Waals surface area contributed by atoms with Gasteiger partial charge in [0.05, 0.1) is 17.4 Å². The number of carbonyl (C=O) groups excluding carboxylic acids is 2. The second-order valence-corrected chi connectivity index (χ2v) is 6.14. The minimum absolute atomic E-state index is 0.0859. The van der Waals surface area contributed by atoms with Crippen LogP contribution >= 0.6 is 35.0 Å². The van der Waals surface area contributed by atoms with Crippen LogP contribution in [0.25, 0.3) is 11.4 Å². The van der Waals surface area contributed by atoms with Gasteiger partial charge in [0, 0.05) is 10.6 Å². The number of nitrogens with two attached hydrogens (primary N) is 1. The van der Waals surface area contributed by atoms with Gasteiger partial charge in [0.15, 0.2) is 5.82 Å². The average Bonchev–Trinajstić information content (AvgIpc) is 2.89. The van der Waals surface area contributed by atoms with E-state index in [2.05, 4.69) is 20.3 Å². The van der Waals surface area contributed by atoms with Gasteiger partial charge in [0.1, 0.15) is 0 Å². The van der Waals surface area contributed by atoms with Crippen LogP contribution in [0.5, 0.6) is 0 Å². The first-order valence-corrected chi connectivity index (χ1v) is 8.41. The molecule has 0 saturated heterocycles. The van der Waals surface area contributed by atoms with Gasteiger partial charge >= 0.3 is 6.09 Å². The van der Waals surface area contributed by atoms with Gasteiger partial charge in [-0.2, -0.15) is 0 Å². The molecule has 1 heterocycles. The van der Waals surface area contributed by atoms with Crippen molar-refractivity contribution in [2.45, 2.75) is 12.1 Å². The van der Waals surface area contributed by atoms with Gasteiger partial charge < -0.3 is 10.6 Å². The molecule has 1 aromatic carbocycles. The summed E-state index contributed by atoms with van der Waals surface area (Å²) in [5, 5.41) is 11.1. The number of hydrogen-bond donors (Lipinski definition) is 2. The zero-order valence-electron chi connectivity index (χ0n) is 12.5. The molecule has 0 fully saturated rings. The zero-order valence-corrected chi connectivity index (χ0v) is 14.8. The van der Waals surface area contributed by atoms with Crippen molar-refractivity contribution in [3.63, 3.8) is 0 Å². The molecule has 2 aromatic rings. The molecule has 1 aromatic heterocycles. The molecule has 0 bridgehead atoms. The molecule has 2 rings (SSSR count). The number of nitrogens with zero attached hydrogens (tertiary/aromatic N) is 3. The SMILES string of the molecule is CCOC(=O)NC(=O)CSc1nnc(-c2cc(Cl)ccc2Cl)n1N. The number of amides is 2. The minimum Gasteiger partial charge on any atom is -0.450 e. The maximum atomic E-state index is 11.6. The van der Waals surface area contributed by atoms with Crippen molar-refractivity contribution in [1.82, 2.24) is 20.2 Å². The molecule has 11 heteroatoms. The third-order valence-corrected chi connectivity index (χ3v) is 4.19. The first-order valence-electron chi connectivity index (χ1n) is 6.67. The van der Waals surface area contributed by atoms with Gasteiger partial charge in [0.25, 0.3) is 0 Å². The molecular weight excluding hydrogens is 377 g/mol. The van der Waals surface area contributed by atoms with Crippen molar-refractivity contribution in [2.75, 3.05) is 18.2 Å². The van der Waals surface area contributed by atoms with Crippen molar-refractivity contribution in [2.24, 2.45) is 0 Å². The highest BCUT2D eigenvalue weighted by molar-refractivity contribution is 7.99. The van der Waals surface area contributed by atoms with Crippen LogP contribution in [-0.4, -0.2) is 39.2 Å². The van der Waals surface area contributed by atoms with Gasteiger partial charge in [-0.05, 0) is 25.1 Å². The largest absolute Gasteiger partial charge is 0.450 e. The molecule has 0 radical (unpaired) electrons. The fourth-order valence-corrected chi connectivity index (χ4v) is 2.71. The number of thioether (sulfide) groups is 1. The molecule has 8 nitrogen and oxygen atoms in total. The zero-order chi connectivity index (χ0) is 17.7. The van der Waals surface area contributed by atoms with Crippen molar-refractivity contribution >= 4 is 47.0 Å². The first-order chi connectivity index (χ1) is 11.4. The van der Waals surface area contributed by atoms with Gasteiger partial charge in [-0.25, -0.2) is 9.47 Å². The van der Waals surface area contributed by atoms with Crippen molar-refractivity contribution in [3.8, 4) is 11.4 Å². The standard InChI is InChI=1S/C13H13Cl2N5O3S/c1-2-23-13(22)17-10(21)6-24-12-19-18-11(20(12)16)8-5-7(14)3-4-9(8)15/h3-5H,2,6,16H2,1H3,(H,17,21,22). The van der Waals surface area contributed by atoms with Crippen LogP contribution in [0.2, 0.25) is 10.0 Å². The lowest BCUT2D eigenvalue weighted by atomic mass is 10.2. The number of nitrogens with one attached hydrogen (secondary N) is 1. The Morgan fingerprint density at radius 1 is 1.38 bits per heavy atom. The van der Waals surface area contributed by atoms with Crippen LogP contribution in [0.4, 0.5) is 4.79 Å². The molecule has 0 atom stereocenters. The second-order valence-electron chi connectivity index (χ2n) is 4.36. The Labute approximate surface area is 151 Å². The summed E-state index contributed by atoms with van der Waals surface area (Å²) in [4.78, 5) is 22.8. The Hall–Kier alpha value is -1.97. The van der Waals surface area contributed by atoms with E-state index in [4.69, 9.17) is 29.0 Å². The van der Waals surface area contributed by atoms with E-state index in [1.807, 2.05) is 0 Å². The van der Waals surface area contributed by atoms with E-state index in [0.29, 0.717) is 21.4 Å². The van der Waals surface area contributed by atoms with E-state index >= 15 is 0 Å². The number of nitrogen functional groups attached to an aromatic ring is 1. The Balaban J connectivity index is 2.06. The molecule has 0 saturated carbocycles. The minimum atomic E-state index is -0.802. The molecule has 0 aliphatic carbocycles. The average molecular weight is 390 g/mol. The third kappa shape index (κ3) is 4.53. The van der Waals surface area contributed by atoms with Crippen molar-refractivity contribution in [3.05, 3.63) is 28.2 Å². The molecule has 2 amide bonds. The summed E-state index contributed by atoms with van der Waals surface area (Å²) in [5.41, 5.74) is 0.516. The van der Waals surface area contributed by atoms with Crippen LogP contribution in [-0.2, 0) is 9.53 Å². The van der Waals surface area contributed by atoms with Gasteiger partial charge in [-0.3, -0.25) is 10.1 Å². The number of hydrogen-bond acceptors (Lipinski definition) is 7. The predicted octanol–water partition coefficient (Wildman–Crippen LogP) is 2.33.